The van der Waals surface area contributed by atoms with Gasteiger partial charge in [-0.3, -0.25) is 4.79 Å². The average Bonchev–Trinajstić information content (AvgIpc) is 2.67. The summed E-state index contributed by atoms with van der Waals surface area (Å²) < 4.78 is 11.1. The number of carbonyl (C=O) groups excluding carboxylic acids is 1. The third-order valence-corrected chi connectivity index (χ3v) is 4.28. The van der Waals surface area contributed by atoms with Gasteiger partial charge >= 0.3 is 0 Å². The maximum atomic E-state index is 12.2. The summed E-state index contributed by atoms with van der Waals surface area (Å²) in [5.74, 6) is 1.49. The topological polar surface area (TPSA) is 63.7 Å². The lowest BCUT2D eigenvalue weighted by Gasteiger charge is -2.27. The lowest BCUT2D eigenvalue weighted by molar-refractivity contribution is -0.127. The van der Waals surface area contributed by atoms with Crippen LogP contribution in [0.2, 0.25) is 0 Å². The van der Waals surface area contributed by atoms with Crippen LogP contribution >= 0.6 is 0 Å². The Bertz CT molecular complexity index is 727. The Kier molecular flexibility index (Phi) is 6.07. The standard InChI is InChI=1S/C20H25N3O3/c1-15-4-3-5-18(12-15)26-16(2)20(24)22-14-17-6-7-19(21-13-17)23-8-10-25-11-9-23/h3-7,12-13,16H,8-11,14H2,1-2H3,(H,22,24). The van der Waals surface area contributed by atoms with Crippen LogP contribution in [0.3, 0.4) is 0 Å². The number of hydrogen-bond donors (Lipinski definition) is 1. The number of ether oxygens (including phenoxy) is 2. The molecule has 0 saturated carbocycles. The number of anilines is 1. The van der Waals surface area contributed by atoms with E-state index in [1.807, 2.05) is 43.3 Å². The first-order valence-corrected chi connectivity index (χ1v) is 8.90. The van der Waals surface area contributed by atoms with Gasteiger partial charge in [-0.2, -0.15) is 0 Å². The molecule has 1 aliphatic rings. The van der Waals surface area contributed by atoms with Crippen LogP contribution in [0.5, 0.6) is 5.75 Å². The molecule has 0 bridgehead atoms. The van der Waals surface area contributed by atoms with Crippen LogP contribution in [0.15, 0.2) is 42.6 Å². The van der Waals surface area contributed by atoms with E-state index >= 15 is 0 Å². The molecule has 0 spiro atoms. The maximum absolute atomic E-state index is 12.2. The number of carbonyl (C=O) groups is 1. The first kappa shape index (κ1) is 18.2. The summed E-state index contributed by atoms with van der Waals surface area (Å²) in [6.07, 6.45) is 1.24. The van der Waals surface area contributed by atoms with Crippen molar-refractivity contribution < 1.29 is 14.3 Å². The number of pyridine rings is 1. The summed E-state index contributed by atoms with van der Waals surface area (Å²) in [7, 11) is 0. The van der Waals surface area contributed by atoms with Crippen molar-refractivity contribution in [2.24, 2.45) is 0 Å². The summed E-state index contributed by atoms with van der Waals surface area (Å²) in [5, 5.41) is 2.90. The molecule has 138 valence electrons. The molecule has 2 aromatic rings. The van der Waals surface area contributed by atoms with E-state index in [1.54, 1.807) is 13.1 Å². The number of morpholine rings is 1. The molecule has 0 aliphatic carbocycles. The van der Waals surface area contributed by atoms with Crippen molar-refractivity contribution in [2.45, 2.75) is 26.5 Å². The van der Waals surface area contributed by atoms with Crippen molar-refractivity contribution in [3.8, 4) is 5.75 Å². The minimum absolute atomic E-state index is 0.149. The zero-order chi connectivity index (χ0) is 18.4. The van der Waals surface area contributed by atoms with Gasteiger partial charge in [-0.25, -0.2) is 4.98 Å². The molecule has 1 N–H and O–H groups in total. The fraction of sp³-hybridized carbons (Fsp3) is 0.400. The molecule has 1 aromatic carbocycles. The van der Waals surface area contributed by atoms with Gasteiger partial charge in [0.15, 0.2) is 6.10 Å². The van der Waals surface area contributed by atoms with E-state index in [2.05, 4.69) is 15.2 Å². The Morgan fingerprint density at radius 2 is 2.12 bits per heavy atom. The normalized spacial score (nSPS) is 15.4. The minimum Gasteiger partial charge on any atom is -0.481 e. The van der Waals surface area contributed by atoms with Crippen molar-refractivity contribution in [1.82, 2.24) is 10.3 Å². The molecule has 0 radical (unpaired) electrons. The summed E-state index contributed by atoms with van der Waals surface area (Å²) in [6.45, 7) is 7.35. The highest BCUT2D eigenvalue weighted by atomic mass is 16.5. The number of aryl methyl sites for hydroxylation is 1. The molecular weight excluding hydrogens is 330 g/mol. The molecule has 1 unspecified atom stereocenters. The minimum atomic E-state index is -0.558. The third-order valence-electron chi connectivity index (χ3n) is 4.28. The number of nitrogens with one attached hydrogen (secondary N) is 1. The van der Waals surface area contributed by atoms with E-state index in [4.69, 9.17) is 9.47 Å². The van der Waals surface area contributed by atoms with Crippen molar-refractivity contribution in [3.05, 3.63) is 53.7 Å². The largest absolute Gasteiger partial charge is 0.481 e. The summed E-state index contributed by atoms with van der Waals surface area (Å²) in [4.78, 5) is 18.9. The molecule has 3 rings (SSSR count). The van der Waals surface area contributed by atoms with Crippen LogP contribution in [-0.2, 0) is 16.1 Å². The number of amides is 1. The van der Waals surface area contributed by atoms with Gasteiger partial charge < -0.3 is 19.7 Å². The molecule has 1 aromatic heterocycles. The van der Waals surface area contributed by atoms with Gasteiger partial charge in [-0.1, -0.05) is 18.2 Å². The maximum Gasteiger partial charge on any atom is 0.261 e. The van der Waals surface area contributed by atoms with Crippen LogP contribution < -0.4 is 15.0 Å². The Hall–Kier alpha value is -2.60. The molecule has 2 heterocycles. The monoisotopic (exact) mass is 355 g/mol. The summed E-state index contributed by atoms with van der Waals surface area (Å²) in [6, 6.07) is 11.6. The lowest BCUT2D eigenvalue weighted by atomic mass is 10.2. The Balaban J connectivity index is 1.49. The van der Waals surface area contributed by atoms with E-state index in [0.29, 0.717) is 12.3 Å². The van der Waals surface area contributed by atoms with E-state index in [1.165, 1.54) is 0 Å². The van der Waals surface area contributed by atoms with Gasteiger partial charge in [0.05, 0.1) is 13.2 Å². The fourth-order valence-electron chi connectivity index (χ4n) is 2.78. The van der Waals surface area contributed by atoms with Gasteiger partial charge in [0.25, 0.3) is 5.91 Å². The van der Waals surface area contributed by atoms with Crippen LogP contribution in [-0.4, -0.2) is 43.3 Å². The molecule has 1 amide bonds. The highest BCUT2D eigenvalue weighted by Crippen LogP contribution is 2.15. The first-order valence-electron chi connectivity index (χ1n) is 8.90. The molecule has 6 heteroatoms. The first-order chi connectivity index (χ1) is 12.6. The number of aromatic nitrogens is 1. The Morgan fingerprint density at radius 1 is 1.31 bits per heavy atom. The second-order valence-corrected chi connectivity index (χ2v) is 6.42. The van der Waals surface area contributed by atoms with E-state index in [0.717, 1.165) is 43.2 Å². The summed E-state index contributed by atoms with van der Waals surface area (Å²) >= 11 is 0. The number of rotatable bonds is 6. The number of hydrogen-bond acceptors (Lipinski definition) is 5. The van der Waals surface area contributed by atoms with Crippen LogP contribution in [0, 0.1) is 6.92 Å². The zero-order valence-corrected chi connectivity index (χ0v) is 15.3. The van der Waals surface area contributed by atoms with Gasteiger partial charge in [0, 0.05) is 25.8 Å². The van der Waals surface area contributed by atoms with E-state index in [-0.39, 0.29) is 5.91 Å². The van der Waals surface area contributed by atoms with Gasteiger partial charge in [0.1, 0.15) is 11.6 Å². The Morgan fingerprint density at radius 3 is 2.81 bits per heavy atom. The number of benzene rings is 1. The van der Waals surface area contributed by atoms with Gasteiger partial charge in [0.2, 0.25) is 0 Å². The van der Waals surface area contributed by atoms with Crippen LogP contribution in [0.25, 0.3) is 0 Å². The van der Waals surface area contributed by atoms with Gasteiger partial charge in [-0.05, 0) is 43.2 Å². The predicted molar refractivity (Wildman–Crippen MR) is 100 cm³/mol. The second kappa shape index (κ2) is 8.67. The Labute approximate surface area is 154 Å². The molecule has 1 atom stereocenters. The highest BCUT2D eigenvalue weighted by molar-refractivity contribution is 5.80. The smallest absolute Gasteiger partial charge is 0.261 e. The second-order valence-electron chi connectivity index (χ2n) is 6.42. The molecule has 1 aliphatic heterocycles. The molecule has 1 fully saturated rings. The van der Waals surface area contributed by atoms with Crippen molar-refractivity contribution in [2.75, 3.05) is 31.2 Å². The van der Waals surface area contributed by atoms with Gasteiger partial charge in [-0.15, -0.1) is 0 Å². The SMILES string of the molecule is Cc1cccc(OC(C)C(=O)NCc2ccc(N3CCOCC3)nc2)c1. The van der Waals surface area contributed by atoms with Crippen LogP contribution in [0.4, 0.5) is 5.82 Å². The van der Waals surface area contributed by atoms with Crippen molar-refractivity contribution in [3.63, 3.8) is 0 Å². The number of nitrogens with zero attached hydrogens (tertiary/aromatic N) is 2. The highest BCUT2D eigenvalue weighted by Gasteiger charge is 2.15. The van der Waals surface area contributed by atoms with Crippen molar-refractivity contribution in [1.29, 1.82) is 0 Å². The molecular formula is C20H25N3O3. The molecule has 1 saturated heterocycles. The van der Waals surface area contributed by atoms with E-state index in [9.17, 15) is 4.79 Å². The zero-order valence-electron chi connectivity index (χ0n) is 15.3. The fourth-order valence-corrected chi connectivity index (χ4v) is 2.78. The lowest BCUT2D eigenvalue weighted by Crippen LogP contribution is -2.37. The molecule has 26 heavy (non-hydrogen) atoms. The molecule has 6 nitrogen and oxygen atoms in total. The van der Waals surface area contributed by atoms with E-state index < -0.39 is 6.10 Å². The quantitative estimate of drug-likeness (QED) is 0.861. The average molecular weight is 355 g/mol. The predicted octanol–water partition coefficient (Wildman–Crippen LogP) is 2.31. The van der Waals surface area contributed by atoms with Crippen LogP contribution in [0.1, 0.15) is 18.1 Å². The summed E-state index contributed by atoms with van der Waals surface area (Å²) in [5.41, 5.74) is 2.06. The van der Waals surface area contributed by atoms with Crippen molar-refractivity contribution >= 4 is 11.7 Å². The third kappa shape index (κ3) is 4.95.